The molecule has 5 atom stereocenters. The minimum Gasteiger partial charge on any atom is -0.394 e. The third-order valence-electron chi connectivity index (χ3n) is 3.69. The van der Waals surface area contributed by atoms with Crippen molar-refractivity contribution in [3.8, 4) is 0 Å². The van der Waals surface area contributed by atoms with Crippen molar-refractivity contribution >= 4 is 0 Å². The topological polar surface area (TPSA) is 110 Å². The standard InChI is InChI=1S/C13H26O6/c1-2-3-4-5-6-7-13(18)12(17)11(16)10(15)9(8-14)19-13/h9-12,14-18H,2-8H2,1H3/t9-,10-,11+,12-,13-/m1/s1. The van der Waals surface area contributed by atoms with E-state index in [9.17, 15) is 20.4 Å². The van der Waals surface area contributed by atoms with Crippen LogP contribution >= 0.6 is 0 Å². The van der Waals surface area contributed by atoms with Gasteiger partial charge in [-0.15, -0.1) is 0 Å². The van der Waals surface area contributed by atoms with Gasteiger partial charge in [-0.1, -0.05) is 32.6 Å². The molecule has 0 radical (unpaired) electrons. The molecule has 19 heavy (non-hydrogen) atoms. The van der Waals surface area contributed by atoms with Crippen molar-refractivity contribution in [1.29, 1.82) is 0 Å². The summed E-state index contributed by atoms with van der Waals surface area (Å²) in [5, 5.41) is 48.3. The summed E-state index contributed by atoms with van der Waals surface area (Å²) in [6.45, 7) is 1.58. The summed E-state index contributed by atoms with van der Waals surface area (Å²) >= 11 is 0. The van der Waals surface area contributed by atoms with E-state index in [1.54, 1.807) is 0 Å². The van der Waals surface area contributed by atoms with Crippen LogP contribution in [0, 0.1) is 0 Å². The molecule has 1 heterocycles. The van der Waals surface area contributed by atoms with Crippen LogP contribution in [0.4, 0.5) is 0 Å². The van der Waals surface area contributed by atoms with Gasteiger partial charge in [-0.25, -0.2) is 0 Å². The van der Waals surface area contributed by atoms with Crippen molar-refractivity contribution in [2.45, 2.75) is 75.7 Å². The summed E-state index contributed by atoms with van der Waals surface area (Å²) in [6.07, 6.45) is -0.607. The van der Waals surface area contributed by atoms with E-state index in [1.165, 1.54) is 0 Å². The summed E-state index contributed by atoms with van der Waals surface area (Å²) in [4.78, 5) is 0. The highest BCUT2D eigenvalue weighted by Crippen LogP contribution is 2.32. The van der Waals surface area contributed by atoms with Crippen molar-refractivity contribution in [2.75, 3.05) is 6.61 Å². The molecule has 114 valence electrons. The van der Waals surface area contributed by atoms with Gasteiger partial charge in [0.15, 0.2) is 5.79 Å². The molecule has 1 fully saturated rings. The molecule has 0 saturated carbocycles. The Balaban J connectivity index is 2.52. The molecule has 0 amide bonds. The third-order valence-corrected chi connectivity index (χ3v) is 3.69. The molecule has 1 rings (SSSR count). The predicted molar refractivity (Wildman–Crippen MR) is 68.3 cm³/mol. The lowest BCUT2D eigenvalue weighted by Crippen LogP contribution is -2.65. The molecule has 0 aromatic carbocycles. The van der Waals surface area contributed by atoms with Crippen molar-refractivity contribution in [1.82, 2.24) is 0 Å². The third kappa shape index (κ3) is 4.11. The summed E-state index contributed by atoms with van der Waals surface area (Å²) in [7, 11) is 0. The zero-order valence-corrected chi connectivity index (χ0v) is 11.4. The summed E-state index contributed by atoms with van der Waals surface area (Å²) < 4.78 is 5.17. The highest BCUT2D eigenvalue weighted by molar-refractivity contribution is 4.95. The van der Waals surface area contributed by atoms with E-state index >= 15 is 0 Å². The van der Waals surface area contributed by atoms with Crippen molar-refractivity contribution in [3.05, 3.63) is 0 Å². The first kappa shape index (κ1) is 16.8. The van der Waals surface area contributed by atoms with Crippen LogP contribution in [0.5, 0.6) is 0 Å². The number of unbranched alkanes of at least 4 members (excludes halogenated alkanes) is 4. The largest absolute Gasteiger partial charge is 0.394 e. The summed E-state index contributed by atoms with van der Waals surface area (Å²) in [6, 6.07) is 0. The quantitative estimate of drug-likeness (QED) is 0.402. The van der Waals surface area contributed by atoms with E-state index in [-0.39, 0.29) is 6.42 Å². The number of ether oxygens (including phenoxy) is 1. The molecule has 0 aromatic heterocycles. The lowest BCUT2D eigenvalue weighted by Gasteiger charge is -2.45. The zero-order chi connectivity index (χ0) is 14.5. The number of rotatable bonds is 7. The van der Waals surface area contributed by atoms with Gasteiger partial charge >= 0.3 is 0 Å². The second-order valence-electron chi connectivity index (χ2n) is 5.27. The van der Waals surface area contributed by atoms with Gasteiger partial charge in [0.25, 0.3) is 0 Å². The van der Waals surface area contributed by atoms with Crippen molar-refractivity contribution in [2.24, 2.45) is 0 Å². The van der Waals surface area contributed by atoms with E-state index in [2.05, 4.69) is 6.92 Å². The minimum absolute atomic E-state index is 0.165. The van der Waals surface area contributed by atoms with Crippen molar-refractivity contribution in [3.63, 3.8) is 0 Å². The fourth-order valence-electron chi connectivity index (χ4n) is 2.41. The fourth-order valence-corrected chi connectivity index (χ4v) is 2.41. The number of aliphatic hydroxyl groups excluding tert-OH is 4. The minimum atomic E-state index is -1.90. The molecule has 0 unspecified atom stereocenters. The van der Waals surface area contributed by atoms with E-state index < -0.39 is 36.8 Å². The average molecular weight is 278 g/mol. The van der Waals surface area contributed by atoms with E-state index in [0.29, 0.717) is 6.42 Å². The molecule has 0 bridgehead atoms. The summed E-state index contributed by atoms with van der Waals surface area (Å²) in [5.74, 6) is -1.90. The maximum Gasteiger partial charge on any atom is 0.195 e. The lowest BCUT2D eigenvalue weighted by molar-refractivity contribution is -0.351. The molecule has 5 N–H and O–H groups in total. The normalized spacial score (nSPS) is 39.5. The van der Waals surface area contributed by atoms with Gasteiger partial charge in [-0.2, -0.15) is 0 Å². The van der Waals surface area contributed by atoms with Gasteiger partial charge in [0, 0.05) is 6.42 Å². The van der Waals surface area contributed by atoms with Crippen LogP contribution in [0.3, 0.4) is 0 Å². The van der Waals surface area contributed by atoms with Gasteiger partial charge in [0.2, 0.25) is 0 Å². The monoisotopic (exact) mass is 278 g/mol. The van der Waals surface area contributed by atoms with E-state index in [4.69, 9.17) is 9.84 Å². The van der Waals surface area contributed by atoms with Gasteiger partial charge in [-0.05, 0) is 6.42 Å². The molecule has 1 aliphatic rings. The smallest absolute Gasteiger partial charge is 0.195 e. The van der Waals surface area contributed by atoms with Crippen molar-refractivity contribution < 1.29 is 30.3 Å². The molecule has 6 heteroatoms. The highest BCUT2D eigenvalue weighted by Gasteiger charge is 2.51. The summed E-state index contributed by atoms with van der Waals surface area (Å²) in [5.41, 5.74) is 0. The Kier molecular flexibility index (Phi) is 6.65. The second-order valence-corrected chi connectivity index (χ2v) is 5.27. The van der Waals surface area contributed by atoms with Crippen LogP contribution in [-0.4, -0.2) is 62.3 Å². The Hall–Kier alpha value is -0.240. The van der Waals surface area contributed by atoms with E-state index in [1.807, 2.05) is 0 Å². The molecule has 0 aromatic rings. The van der Waals surface area contributed by atoms with Gasteiger partial charge in [0.05, 0.1) is 6.61 Å². The Morgan fingerprint density at radius 2 is 1.63 bits per heavy atom. The first-order valence-electron chi connectivity index (χ1n) is 7.01. The fraction of sp³-hybridized carbons (Fsp3) is 1.00. The van der Waals surface area contributed by atoms with Crippen LogP contribution in [0.1, 0.15) is 45.4 Å². The maximum atomic E-state index is 10.2. The Morgan fingerprint density at radius 3 is 2.21 bits per heavy atom. The molecule has 0 spiro atoms. The van der Waals surface area contributed by atoms with Crippen LogP contribution in [-0.2, 0) is 4.74 Å². The second kappa shape index (κ2) is 7.52. The first-order chi connectivity index (χ1) is 8.96. The van der Waals surface area contributed by atoms with Crippen LogP contribution < -0.4 is 0 Å². The SMILES string of the molecule is CCCCCCC[C@@]1(O)O[C@H](CO)[C@@H](O)[C@H](O)[C@H]1O. The van der Waals surface area contributed by atoms with Crippen LogP contribution in [0.15, 0.2) is 0 Å². The van der Waals surface area contributed by atoms with Gasteiger partial charge in [-0.3, -0.25) is 0 Å². The molecular weight excluding hydrogens is 252 g/mol. The molecule has 0 aliphatic carbocycles. The number of aliphatic hydroxyl groups is 5. The number of hydrogen-bond donors (Lipinski definition) is 5. The van der Waals surface area contributed by atoms with Crippen LogP contribution in [0.2, 0.25) is 0 Å². The Labute approximate surface area is 113 Å². The predicted octanol–water partition coefficient (Wildman–Crippen LogP) is -0.491. The first-order valence-corrected chi connectivity index (χ1v) is 7.01. The van der Waals surface area contributed by atoms with Gasteiger partial charge in [0.1, 0.15) is 24.4 Å². The Morgan fingerprint density at radius 1 is 1.00 bits per heavy atom. The van der Waals surface area contributed by atoms with E-state index in [0.717, 1.165) is 25.7 Å². The average Bonchev–Trinajstić information content (AvgIpc) is 2.41. The molecular formula is C13H26O6. The number of hydrogen-bond acceptors (Lipinski definition) is 6. The molecule has 6 nitrogen and oxygen atoms in total. The zero-order valence-electron chi connectivity index (χ0n) is 11.4. The lowest BCUT2D eigenvalue weighted by atomic mass is 9.89. The van der Waals surface area contributed by atoms with Crippen LogP contribution in [0.25, 0.3) is 0 Å². The van der Waals surface area contributed by atoms with Gasteiger partial charge < -0.3 is 30.3 Å². The Bertz CT molecular complexity index is 260. The molecule has 1 aliphatic heterocycles. The highest BCUT2D eigenvalue weighted by atomic mass is 16.7. The molecule has 1 saturated heterocycles. The maximum absolute atomic E-state index is 10.2.